The van der Waals surface area contributed by atoms with Crippen LogP contribution in [0.1, 0.15) is 16.5 Å². The predicted octanol–water partition coefficient (Wildman–Crippen LogP) is 2.81. The molecular formula is C14H13N3OS. The van der Waals surface area contributed by atoms with E-state index in [0.29, 0.717) is 6.42 Å². The molecule has 2 N–H and O–H groups in total. The number of thiazole rings is 1. The minimum absolute atomic E-state index is 0.560. The lowest BCUT2D eigenvalue weighted by molar-refractivity contribution is 0.180. The number of rotatable bonds is 4. The maximum absolute atomic E-state index is 10.3. The summed E-state index contributed by atoms with van der Waals surface area (Å²) in [5.41, 5.74) is 4.49. The van der Waals surface area contributed by atoms with Gasteiger partial charge in [-0.1, -0.05) is 30.3 Å². The van der Waals surface area contributed by atoms with E-state index in [1.54, 1.807) is 29.2 Å². The SMILES string of the molecule is OC(Cc1cncs1)c1cn[nH]c1-c1ccccc1. The van der Waals surface area contributed by atoms with E-state index in [9.17, 15) is 5.11 Å². The van der Waals surface area contributed by atoms with E-state index in [-0.39, 0.29) is 0 Å². The molecule has 1 aromatic carbocycles. The average molecular weight is 271 g/mol. The molecule has 0 aliphatic carbocycles. The smallest absolute Gasteiger partial charge is 0.0875 e. The molecule has 0 aliphatic heterocycles. The van der Waals surface area contributed by atoms with Crippen molar-refractivity contribution in [2.75, 3.05) is 0 Å². The molecule has 2 heterocycles. The molecule has 1 unspecified atom stereocenters. The van der Waals surface area contributed by atoms with Crippen molar-refractivity contribution in [1.82, 2.24) is 15.2 Å². The first-order chi connectivity index (χ1) is 9.34. The Labute approximate surface area is 114 Å². The Balaban J connectivity index is 1.88. The van der Waals surface area contributed by atoms with E-state index < -0.39 is 6.10 Å². The summed E-state index contributed by atoms with van der Waals surface area (Å²) in [5, 5.41) is 17.4. The van der Waals surface area contributed by atoms with Crippen molar-refractivity contribution in [3.8, 4) is 11.3 Å². The highest BCUT2D eigenvalue weighted by Crippen LogP contribution is 2.28. The third-order valence-corrected chi connectivity index (χ3v) is 3.77. The highest BCUT2D eigenvalue weighted by Gasteiger charge is 2.16. The molecule has 0 saturated heterocycles. The monoisotopic (exact) mass is 271 g/mol. The second kappa shape index (κ2) is 5.34. The van der Waals surface area contributed by atoms with Crippen molar-refractivity contribution in [3.05, 3.63) is 58.7 Å². The van der Waals surface area contributed by atoms with Gasteiger partial charge in [0.25, 0.3) is 0 Å². The molecule has 19 heavy (non-hydrogen) atoms. The van der Waals surface area contributed by atoms with Gasteiger partial charge in [0, 0.05) is 23.1 Å². The van der Waals surface area contributed by atoms with E-state index >= 15 is 0 Å². The zero-order valence-corrected chi connectivity index (χ0v) is 11.0. The van der Waals surface area contributed by atoms with Gasteiger partial charge in [0.15, 0.2) is 0 Å². The molecule has 0 aliphatic rings. The lowest BCUT2D eigenvalue weighted by Crippen LogP contribution is -2.01. The van der Waals surface area contributed by atoms with Crippen LogP contribution in [0, 0.1) is 0 Å². The standard InChI is InChI=1S/C14H13N3OS/c18-13(6-11-7-15-9-19-11)12-8-16-17-14(12)10-4-2-1-3-5-10/h1-5,7-9,13,18H,6H2,(H,16,17). The van der Waals surface area contributed by atoms with Crippen LogP contribution in [0.4, 0.5) is 0 Å². The molecule has 0 radical (unpaired) electrons. The van der Waals surface area contributed by atoms with Crippen LogP contribution < -0.4 is 0 Å². The number of hydrogen-bond donors (Lipinski definition) is 2. The first-order valence-electron chi connectivity index (χ1n) is 5.98. The molecule has 2 aromatic heterocycles. The van der Waals surface area contributed by atoms with Gasteiger partial charge in [-0.15, -0.1) is 11.3 Å². The Kier molecular flexibility index (Phi) is 3.39. The molecule has 0 amide bonds. The molecule has 96 valence electrons. The van der Waals surface area contributed by atoms with Crippen LogP contribution in [-0.4, -0.2) is 20.3 Å². The van der Waals surface area contributed by atoms with Gasteiger partial charge in [-0.3, -0.25) is 10.1 Å². The predicted molar refractivity (Wildman–Crippen MR) is 74.8 cm³/mol. The van der Waals surface area contributed by atoms with Crippen LogP contribution in [0.2, 0.25) is 0 Å². The van der Waals surface area contributed by atoms with Crippen LogP contribution in [0.25, 0.3) is 11.3 Å². The molecule has 0 bridgehead atoms. The Morgan fingerprint density at radius 2 is 2.05 bits per heavy atom. The molecule has 3 rings (SSSR count). The van der Waals surface area contributed by atoms with Gasteiger partial charge in [0.2, 0.25) is 0 Å². The van der Waals surface area contributed by atoms with Crippen molar-refractivity contribution < 1.29 is 5.11 Å². The topological polar surface area (TPSA) is 61.8 Å². The quantitative estimate of drug-likeness (QED) is 0.767. The van der Waals surface area contributed by atoms with Crippen LogP contribution in [0.15, 0.2) is 48.2 Å². The van der Waals surface area contributed by atoms with Crippen LogP contribution in [0.3, 0.4) is 0 Å². The third kappa shape index (κ3) is 2.57. The summed E-state index contributed by atoms with van der Waals surface area (Å²) in [6, 6.07) is 9.89. The molecule has 1 atom stereocenters. The molecular weight excluding hydrogens is 258 g/mol. The summed E-state index contributed by atoms with van der Waals surface area (Å²) >= 11 is 1.55. The zero-order valence-electron chi connectivity index (χ0n) is 10.2. The van der Waals surface area contributed by atoms with E-state index in [0.717, 1.165) is 21.7 Å². The number of nitrogens with one attached hydrogen (secondary N) is 1. The maximum Gasteiger partial charge on any atom is 0.0875 e. The molecule has 0 saturated carbocycles. The van der Waals surface area contributed by atoms with Crippen molar-refractivity contribution in [1.29, 1.82) is 0 Å². The normalized spacial score (nSPS) is 12.5. The van der Waals surface area contributed by atoms with Crippen LogP contribution in [0.5, 0.6) is 0 Å². The summed E-state index contributed by atoms with van der Waals surface area (Å²) in [4.78, 5) is 5.08. The van der Waals surface area contributed by atoms with Gasteiger partial charge in [-0.05, 0) is 5.56 Å². The largest absolute Gasteiger partial charge is 0.388 e. The van der Waals surface area contributed by atoms with Gasteiger partial charge in [-0.2, -0.15) is 5.10 Å². The van der Waals surface area contributed by atoms with Gasteiger partial charge >= 0.3 is 0 Å². The summed E-state index contributed by atoms with van der Waals surface area (Å²) in [7, 11) is 0. The van der Waals surface area contributed by atoms with Crippen molar-refractivity contribution >= 4 is 11.3 Å². The van der Waals surface area contributed by atoms with Gasteiger partial charge in [-0.25, -0.2) is 0 Å². The Hall–Kier alpha value is -1.98. The summed E-state index contributed by atoms with van der Waals surface area (Å²) < 4.78 is 0. The third-order valence-electron chi connectivity index (χ3n) is 2.97. The number of hydrogen-bond acceptors (Lipinski definition) is 4. The zero-order chi connectivity index (χ0) is 13.1. The summed E-state index contributed by atoms with van der Waals surface area (Å²) in [6.07, 6.45) is 3.46. The van der Waals surface area contributed by atoms with E-state index in [4.69, 9.17) is 0 Å². The second-order valence-corrected chi connectivity index (χ2v) is 5.22. The molecule has 4 nitrogen and oxygen atoms in total. The second-order valence-electron chi connectivity index (χ2n) is 4.25. The Bertz CT molecular complexity index is 634. The number of aromatic amines is 1. The summed E-state index contributed by atoms with van der Waals surface area (Å²) in [5.74, 6) is 0. The van der Waals surface area contributed by atoms with Crippen molar-refractivity contribution in [3.63, 3.8) is 0 Å². The van der Waals surface area contributed by atoms with Gasteiger partial charge < -0.3 is 5.11 Å². The van der Waals surface area contributed by atoms with Crippen LogP contribution >= 0.6 is 11.3 Å². The first-order valence-corrected chi connectivity index (χ1v) is 6.86. The number of aliphatic hydroxyl groups is 1. The number of H-pyrrole nitrogens is 1. The minimum atomic E-state index is -0.575. The highest BCUT2D eigenvalue weighted by molar-refractivity contribution is 7.09. The van der Waals surface area contributed by atoms with E-state index in [2.05, 4.69) is 15.2 Å². The Morgan fingerprint density at radius 3 is 2.79 bits per heavy atom. The number of benzene rings is 1. The van der Waals surface area contributed by atoms with Gasteiger partial charge in [0.05, 0.1) is 23.5 Å². The molecule has 0 fully saturated rings. The Morgan fingerprint density at radius 1 is 1.21 bits per heavy atom. The molecule has 5 heteroatoms. The van der Waals surface area contributed by atoms with Crippen LogP contribution in [-0.2, 0) is 6.42 Å². The van der Waals surface area contributed by atoms with E-state index in [1.807, 2.05) is 30.3 Å². The molecule has 3 aromatic rings. The van der Waals surface area contributed by atoms with Crippen molar-refractivity contribution in [2.24, 2.45) is 0 Å². The lowest BCUT2D eigenvalue weighted by atomic mass is 10.0. The fourth-order valence-corrected chi connectivity index (χ4v) is 2.66. The minimum Gasteiger partial charge on any atom is -0.388 e. The first kappa shape index (κ1) is 12.1. The fraction of sp³-hybridized carbons (Fsp3) is 0.143. The highest BCUT2D eigenvalue weighted by atomic mass is 32.1. The van der Waals surface area contributed by atoms with E-state index in [1.165, 1.54) is 0 Å². The maximum atomic E-state index is 10.3. The molecule has 0 spiro atoms. The summed E-state index contributed by atoms with van der Waals surface area (Å²) in [6.45, 7) is 0. The lowest BCUT2D eigenvalue weighted by Gasteiger charge is -2.09. The fourth-order valence-electron chi connectivity index (χ4n) is 2.03. The van der Waals surface area contributed by atoms with Crippen molar-refractivity contribution in [2.45, 2.75) is 12.5 Å². The number of nitrogens with zero attached hydrogens (tertiary/aromatic N) is 2. The average Bonchev–Trinajstić information content (AvgIpc) is 3.10. The number of aromatic nitrogens is 3. The van der Waals surface area contributed by atoms with Gasteiger partial charge in [0.1, 0.15) is 0 Å². The number of aliphatic hydroxyl groups excluding tert-OH is 1.